The molecule has 1 saturated heterocycles. The largest absolute Gasteiger partial charge is 0.391 e. The molecule has 18 N–H and O–H groups in total. The summed E-state index contributed by atoms with van der Waals surface area (Å²) in [6.45, 7) is 4.63. The van der Waals surface area contributed by atoms with Crippen LogP contribution in [-0.2, 0) is 40.0 Å². The maximum absolute atomic E-state index is 13.5. The number of nitrogens with zero attached hydrogens (tertiary/aromatic N) is 3. The normalized spacial score (nSPS) is 17.1. The standard InChI is InChI=1S/C36H60N14O8/c1-19(29(53)45-20(2)30(54)49-27(21(3)51)33(57)48-25(28(38)52)18-22-10-5-4-6-11-22)46-31(55)24(13-8-16-44-36(41)42)47-32(56)26-14-9-17-50(26)34(58)23(37)12-7-15-43-35(39)40/h4-6,10-11,19-21,23-27,51H,7-9,12-18,37H2,1-3H3,(H2,38,52)(H,45,53)(H,46,55)(H,47,56)(H,48,57)(H,49,54)(H4,39,40,43)(H4,41,42,44)/t19-,20-,21+,23-,24-,25-,26-,27-/m0/s1. The highest BCUT2D eigenvalue weighted by Gasteiger charge is 2.38. The number of likely N-dealkylation sites (tertiary alicyclic amines) is 1. The fourth-order valence-electron chi connectivity index (χ4n) is 6.00. The number of nitrogens with two attached hydrogens (primary N) is 6. The Labute approximate surface area is 337 Å². The van der Waals surface area contributed by atoms with E-state index in [2.05, 4.69) is 36.6 Å². The summed E-state index contributed by atoms with van der Waals surface area (Å²) >= 11 is 0. The zero-order valence-electron chi connectivity index (χ0n) is 33.2. The smallest absolute Gasteiger partial charge is 0.245 e. The number of aliphatic imine (C=N–C) groups is 2. The van der Waals surface area contributed by atoms with E-state index in [0.717, 1.165) is 0 Å². The highest BCUT2D eigenvalue weighted by atomic mass is 16.3. The first-order valence-corrected chi connectivity index (χ1v) is 19.0. The molecule has 1 fully saturated rings. The third kappa shape index (κ3) is 16.2. The number of nitrogens with one attached hydrogen (secondary N) is 5. The Morgan fingerprint density at radius 1 is 0.741 bits per heavy atom. The number of hydrogen-bond acceptors (Lipinski definition) is 11. The number of primary amides is 1. The Kier molecular flexibility index (Phi) is 19.8. The van der Waals surface area contributed by atoms with E-state index in [4.69, 9.17) is 34.4 Å². The Morgan fingerprint density at radius 3 is 1.84 bits per heavy atom. The first-order chi connectivity index (χ1) is 27.3. The van der Waals surface area contributed by atoms with Crippen LogP contribution in [0.3, 0.4) is 0 Å². The summed E-state index contributed by atoms with van der Waals surface area (Å²) in [4.78, 5) is 101. The van der Waals surface area contributed by atoms with Crippen molar-refractivity contribution in [2.45, 2.75) is 114 Å². The molecule has 0 aromatic heterocycles. The van der Waals surface area contributed by atoms with Gasteiger partial charge in [0.05, 0.1) is 12.1 Å². The van der Waals surface area contributed by atoms with E-state index in [1.54, 1.807) is 30.3 Å². The van der Waals surface area contributed by atoms with Gasteiger partial charge in [-0.15, -0.1) is 0 Å². The number of hydrogen-bond donors (Lipinski definition) is 12. The minimum Gasteiger partial charge on any atom is -0.391 e. The average Bonchev–Trinajstić information content (AvgIpc) is 3.66. The van der Waals surface area contributed by atoms with Gasteiger partial charge >= 0.3 is 0 Å². The molecule has 1 heterocycles. The van der Waals surface area contributed by atoms with Crippen LogP contribution >= 0.6 is 0 Å². The van der Waals surface area contributed by atoms with Crippen molar-refractivity contribution >= 4 is 53.3 Å². The summed E-state index contributed by atoms with van der Waals surface area (Å²) in [5.41, 5.74) is 33.8. The fraction of sp³-hybridized carbons (Fsp3) is 0.583. The van der Waals surface area contributed by atoms with E-state index in [-0.39, 0.29) is 57.2 Å². The van der Waals surface area contributed by atoms with Crippen molar-refractivity contribution in [1.82, 2.24) is 31.5 Å². The van der Waals surface area contributed by atoms with Crippen molar-refractivity contribution in [3.8, 4) is 0 Å². The van der Waals surface area contributed by atoms with E-state index in [1.165, 1.54) is 25.7 Å². The number of amides is 7. The maximum atomic E-state index is 13.5. The molecule has 0 saturated carbocycles. The van der Waals surface area contributed by atoms with E-state index in [1.807, 2.05) is 0 Å². The van der Waals surface area contributed by atoms with Crippen molar-refractivity contribution in [2.75, 3.05) is 19.6 Å². The molecule has 0 radical (unpaired) electrons. The second kappa shape index (κ2) is 23.9. The molecule has 7 amide bonds. The van der Waals surface area contributed by atoms with Gasteiger partial charge in [0.25, 0.3) is 0 Å². The van der Waals surface area contributed by atoms with Gasteiger partial charge < -0.3 is 71.0 Å². The Bertz CT molecular complexity index is 1630. The molecule has 0 spiro atoms. The molecule has 0 bridgehead atoms. The topological polar surface area (TPSA) is 384 Å². The molecular formula is C36H60N14O8. The van der Waals surface area contributed by atoms with Crippen LogP contribution in [0.4, 0.5) is 0 Å². The molecule has 1 aliphatic heterocycles. The highest BCUT2D eigenvalue weighted by molar-refractivity contribution is 5.97. The molecule has 58 heavy (non-hydrogen) atoms. The lowest BCUT2D eigenvalue weighted by Crippen LogP contribution is -2.60. The summed E-state index contributed by atoms with van der Waals surface area (Å²) in [5, 5.41) is 22.8. The van der Waals surface area contributed by atoms with Crippen LogP contribution in [0, 0.1) is 0 Å². The van der Waals surface area contributed by atoms with Gasteiger partial charge in [-0.3, -0.25) is 43.5 Å². The lowest BCUT2D eigenvalue weighted by atomic mass is 10.0. The molecule has 0 unspecified atom stereocenters. The number of carbonyl (C=O) groups excluding carboxylic acids is 7. The van der Waals surface area contributed by atoms with Crippen LogP contribution in [0.25, 0.3) is 0 Å². The Hall–Kier alpha value is -6.03. The molecule has 1 aromatic carbocycles. The van der Waals surface area contributed by atoms with Gasteiger partial charge in [0, 0.05) is 26.1 Å². The quantitative estimate of drug-likeness (QED) is 0.0280. The number of rotatable bonds is 23. The monoisotopic (exact) mass is 816 g/mol. The van der Waals surface area contributed by atoms with Gasteiger partial charge in [0.15, 0.2) is 11.9 Å². The van der Waals surface area contributed by atoms with Crippen molar-refractivity contribution < 1.29 is 38.7 Å². The van der Waals surface area contributed by atoms with E-state index in [0.29, 0.717) is 24.8 Å². The molecule has 22 nitrogen and oxygen atoms in total. The average molecular weight is 817 g/mol. The van der Waals surface area contributed by atoms with Crippen LogP contribution in [0.1, 0.15) is 64.9 Å². The van der Waals surface area contributed by atoms with Crippen molar-refractivity contribution in [2.24, 2.45) is 44.4 Å². The van der Waals surface area contributed by atoms with Gasteiger partial charge in [-0.05, 0) is 64.9 Å². The van der Waals surface area contributed by atoms with E-state index >= 15 is 0 Å². The molecule has 2 rings (SSSR count). The van der Waals surface area contributed by atoms with Crippen LogP contribution in [0.2, 0.25) is 0 Å². The molecule has 22 heteroatoms. The van der Waals surface area contributed by atoms with Crippen molar-refractivity contribution in [1.29, 1.82) is 0 Å². The second-order valence-electron chi connectivity index (χ2n) is 14.1. The molecule has 1 aliphatic rings. The third-order valence-electron chi connectivity index (χ3n) is 9.21. The molecule has 322 valence electrons. The summed E-state index contributed by atoms with van der Waals surface area (Å²) in [7, 11) is 0. The summed E-state index contributed by atoms with van der Waals surface area (Å²) in [6, 6.07) is 0.601. The van der Waals surface area contributed by atoms with Gasteiger partial charge in [-0.25, -0.2) is 0 Å². The summed E-state index contributed by atoms with van der Waals surface area (Å²) in [6.07, 6.45) is 0.536. The Balaban J connectivity index is 2.06. The fourth-order valence-corrected chi connectivity index (χ4v) is 6.00. The third-order valence-corrected chi connectivity index (χ3v) is 9.21. The van der Waals surface area contributed by atoms with Crippen LogP contribution in [-0.4, -0.2) is 131 Å². The van der Waals surface area contributed by atoms with E-state index < -0.39 is 89.7 Å². The highest BCUT2D eigenvalue weighted by Crippen LogP contribution is 2.20. The van der Waals surface area contributed by atoms with Crippen LogP contribution in [0.15, 0.2) is 40.3 Å². The zero-order chi connectivity index (χ0) is 43.5. The van der Waals surface area contributed by atoms with Gasteiger partial charge in [-0.2, -0.15) is 0 Å². The second-order valence-corrected chi connectivity index (χ2v) is 14.1. The van der Waals surface area contributed by atoms with Crippen molar-refractivity contribution in [3.05, 3.63) is 35.9 Å². The number of carbonyl (C=O) groups is 7. The number of aliphatic hydroxyl groups is 1. The van der Waals surface area contributed by atoms with Gasteiger partial charge in [0.1, 0.15) is 36.3 Å². The minimum absolute atomic E-state index is 0.0528. The molecular weight excluding hydrogens is 756 g/mol. The summed E-state index contributed by atoms with van der Waals surface area (Å²) in [5.74, 6) is -5.38. The SMILES string of the molecule is C[C@H](NC(=O)[C@H](C)NC(=O)[C@H](CCCN=C(N)N)NC(=O)[C@@H]1CCCN1C(=O)[C@@H](N)CCCN=C(N)N)C(=O)N[C@H](C(=O)N[C@@H](Cc1ccccc1)C(N)=O)[C@@H](C)O. The predicted octanol–water partition coefficient (Wildman–Crippen LogP) is -5.02. The maximum Gasteiger partial charge on any atom is 0.245 e. The van der Waals surface area contributed by atoms with Crippen molar-refractivity contribution in [3.63, 3.8) is 0 Å². The van der Waals surface area contributed by atoms with Gasteiger partial charge in [0.2, 0.25) is 41.4 Å². The van der Waals surface area contributed by atoms with Crippen LogP contribution in [0.5, 0.6) is 0 Å². The minimum atomic E-state index is -1.53. The van der Waals surface area contributed by atoms with Gasteiger partial charge in [-0.1, -0.05) is 30.3 Å². The predicted molar refractivity (Wildman–Crippen MR) is 215 cm³/mol. The van der Waals surface area contributed by atoms with Crippen LogP contribution < -0.4 is 61.0 Å². The molecule has 8 atom stereocenters. The zero-order valence-corrected chi connectivity index (χ0v) is 33.2. The number of benzene rings is 1. The molecule has 0 aliphatic carbocycles. The van der Waals surface area contributed by atoms with E-state index in [9.17, 15) is 38.7 Å². The number of aliphatic hydroxyl groups excluding tert-OH is 1. The lowest BCUT2D eigenvalue weighted by molar-refractivity contribution is -0.140. The first kappa shape index (κ1) is 48.1. The summed E-state index contributed by atoms with van der Waals surface area (Å²) < 4.78 is 0. The molecule has 1 aromatic rings. The Morgan fingerprint density at radius 2 is 1.29 bits per heavy atom. The number of guanidine groups is 2. The lowest BCUT2D eigenvalue weighted by Gasteiger charge is -2.29. The first-order valence-electron chi connectivity index (χ1n) is 19.0.